The van der Waals surface area contributed by atoms with E-state index in [1.54, 1.807) is 0 Å². The Labute approximate surface area is 115 Å². The number of hydrogen-bond donors (Lipinski definition) is 2. The molecule has 1 aliphatic rings. The molecule has 1 unspecified atom stereocenters. The molecule has 2 N–H and O–H groups in total. The Bertz CT molecular complexity index is 679. The van der Waals surface area contributed by atoms with Gasteiger partial charge in [-0.25, -0.2) is 4.68 Å². The van der Waals surface area contributed by atoms with Gasteiger partial charge in [0.1, 0.15) is 12.4 Å². The first-order chi connectivity index (χ1) is 9.65. The second-order valence-corrected chi connectivity index (χ2v) is 4.60. The molecule has 1 aromatic heterocycles. The van der Waals surface area contributed by atoms with Crippen LogP contribution in [0.5, 0.6) is 0 Å². The lowest BCUT2D eigenvalue weighted by Crippen LogP contribution is -2.36. The molecule has 0 fully saturated rings. The van der Waals surface area contributed by atoms with Gasteiger partial charge in [0.15, 0.2) is 0 Å². The molecule has 1 atom stereocenters. The van der Waals surface area contributed by atoms with Gasteiger partial charge < -0.3 is 5.32 Å². The number of carbonyl (C=O) groups excluding carboxylic acids is 2. The number of hydrogen-bond acceptors (Lipinski definition) is 4. The van der Waals surface area contributed by atoms with E-state index in [0.717, 1.165) is 11.3 Å². The van der Waals surface area contributed by atoms with Crippen molar-refractivity contribution in [3.63, 3.8) is 0 Å². The average molecular weight is 271 g/mol. The van der Waals surface area contributed by atoms with E-state index in [-0.39, 0.29) is 18.2 Å². The molecule has 2 aromatic rings. The Morgan fingerprint density at radius 3 is 3.05 bits per heavy atom. The van der Waals surface area contributed by atoms with E-state index in [1.165, 1.54) is 11.0 Å². The predicted molar refractivity (Wildman–Crippen MR) is 72.1 cm³/mol. The van der Waals surface area contributed by atoms with Crippen molar-refractivity contribution < 1.29 is 9.59 Å². The van der Waals surface area contributed by atoms with Gasteiger partial charge in [-0.3, -0.25) is 14.9 Å². The van der Waals surface area contributed by atoms with Crippen LogP contribution >= 0.6 is 0 Å². The zero-order valence-corrected chi connectivity index (χ0v) is 10.8. The minimum atomic E-state index is -0.680. The average Bonchev–Trinajstić information content (AvgIpc) is 2.88. The minimum Gasteiger partial charge on any atom is -0.324 e. The van der Waals surface area contributed by atoms with Crippen LogP contribution in [0.2, 0.25) is 0 Å². The summed E-state index contributed by atoms with van der Waals surface area (Å²) in [6.45, 7) is 1.91. The van der Waals surface area contributed by atoms with Crippen molar-refractivity contribution in [3.05, 3.63) is 36.2 Å². The third-order valence-corrected chi connectivity index (χ3v) is 3.20. The molecule has 20 heavy (non-hydrogen) atoms. The third-order valence-electron chi connectivity index (χ3n) is 3.20. The number of nitrogens with one attached hydrogen (secondary N) is 2. The molecule has 0 radical (unpaired) electrons. The number of carbonyl (C=O) groups is 2. The number of benzene rings is 1. The van der Waals surface area contributed by atoms with Gasteiger partial charge >= 0.3 is 0 Å². The molecule has 7 heteroatoms. The summed E-state index contributed by atoms with van der Waals surface area (Å²) in [5.41, 5.74) is 1.69. The first-order valence-corrected chi connectivity index (χ1v) is 6.21. The molecule has 0 saturated carbocycles. The van der Waals surface area contributed by atoms with Crippen LogP contribution in [0.4, 0.5) is 11.6 Å². The van der Waals surface area contributed by atoms with Crippen molar-refractivity contribution in [3.8, 4) is 0 Å². The molecule has 0 saturated heterocycles. The first kappa shape index (κ1) is 12.3. The van der Waals surface area contributed by atoms with Gasteiger partial charge in [0.2, 0.25) is 17.8 Å². The third kappa shape index (κ3) is 2.13. The highest BCUT2D eigenvalue weighted by molar-refractivity contribution is 6.00. The van der Waals surface area contributed by atoms with Gasteiger partial charge in [-0.2, -0.15) is 10.1 Å². The topological polar surface area (TPSA) is 88.9 Å². The Balaban J connectivity index is 1.85. The number of fused-ring (bicyclic) bond motifs is 1. The number of aryl methyl sites for hydroxylation is 1. The zero-order chi connectivity index (χ0) is 14.1. The number of aromatic nitrogens is 3. The van der Waals surface area contributed by atoms with E-state index in [0.29, 0.717) is 5.95 Å². The molecule has 2 heterocycles. The highest BCUT2D eigenvalue weighted by Crippen LogP contribution is 2.23. The molecule has 2 amide bonds. The second-order valence-electron chi connectivity index (χ2n) is 4.60. The fourth-order valence-corrected chi connectivity index (χ4v) is 2.14. The number of amides is 2. The summed E-state index contributed by atoms with van der Waals surface area (Å²) in [4.78, 5) is 27.8. The molecule has 7 nitrogen and oxygen atoms in total. The van der Waals surface area contributed by atoms with Gasteiger partial charge in [0.25, 0.3) is 0 Å². The Morgan fingerprint density at radius 1 is 1.45 bits per heavy atom. The van der Waals surface area contributed by atoms with Crippen LogP contribution < -0.4 is 10.6 Å². The number of nitrogens with zero attached hydrogens (tertiary/aromatic N) is 3. The number of rotatable bonds is 2. The van der Waals surface area contributed by atoms with E-state index in [9.17, 15) is 9.59 Å². The number of para-hydroxylation sites is 1. The molecule has 0 spiro atoms. The zero-order valence-electron chi connectivity index (χ0n) is 10.8. The summed E-state index contributed by atoms with van der Waals surface area (Å²) in [5, 5.41) is 9.38. The van der Waals surface area contributed by atoms with Gasteiger partial charge in [-0.15, -0.1) is 0 Å². The summed E-state index contributed by atoms with van der Waals surface area (Å²) in [6.07, 6.45) is 1.36. The maximum absolute atomic E-state index is 12.3. The van der Waals surface area contributed by atoms with Gasteiger partial charge in [0, 0.05) is 5.69 Å². The Morgan fingerprint density at radius 2 is 2.25 bits per heavy atom. The standard InChI is InChI=1S/C13H13N5O2/c1-8-4-2-3-5-9(8)16-12(20)10-6-11(19)17-13-14-7-15-18(10)13/h2-5,7,10H,6H2,1H3,(H,16,20)(H,14,15,17,19). The van der Waals surface area contributed by atoms with Crippen molar-refractivity contribution in [1.29, 1.82) is 0 Å². The molecule has 0 bridgehead atoms. The van der Waals surface area contributed by atoms with Crippen molar-refractivity contribution in [2.24, 2.45) is 0 Å². The second kappa shape index (κ2) is 4.76. The van der Waals surface area contributed by atoms with Crippen LogP contribution in [-0.2, 0) is 9.59 Å². The fraction of sp³-hybridized carbons (Fsp3) is 0.231. The van der Waals surface area contributed by atoms with Crippen molar-refractivity contribution in [2.75, 3.05) is 10.6 Å². The van der Waals surface area contributed by atoms with Crippen LogP contribution in [0.1, 0.15) is 18.0 Å². The summed E-state index contributed by atoms with van der Waals surface area (Å²) in [5.74, 6) is -0.220. The highest BCUT2D eigenvalue weighted by atomic mass is 16.2. The van der Waals surface area contributed by atoms with Crippen molar-refractivity contribution in [2.45, 2.75) is 19.4 Å². The smallest absolute Gasteiger partial charge is 0.249 e. The lowest BCUT2D eigenvalue weighted by atomic mass is 10.1. The lowest BCUT2D eigenvalue weighted by Gasteiger charge is -2.22. The summed E-state index contributed by atoms with van der Waals surface area (Å²) >= 11 is 0. The van der Waals surface area contributed by atoms with Crippen molar-refractivity contribution in [1.82, 2.24) is 14.8 Å². The monoisotopic (exact) mass is 271 g/mol. The first-order valence-electron chi connectivity index (χ1n) is 6.21. The Kier molecular flexibility index (Phi) is 2.94. The predicted octanol–water partition coefficient (Wildman–Crippen LogP) is 1.11. The summed E-state index contributed by atoms with van der Waals surface area (Å²) in [7, 11) is 0. The normalized spacial score (nSPS) is 17.2. The molecule has 0 aliphatic carbocycles. The van der Waals surface area contributed by atoms with E-state index in [2.05, 4.69) is 20.7 Å². The van der Waals surface area contributed by atoms with Crippen LogP contribution in [0, 0.1) is 6.92 Å². The SMILES string of the molecule is Cc1ccccc1NC(=O)C1CC(=O)Nc2ncnn21. The van der Waals surface area contributed by atoms with Gasteiger partial charge in [-0.05, 0) is 18.6 Å². The van der Waals surface area contributed by atoms with Crippen LogP contribution in [0.3, 0.4) is 0 Å². The van der Waals surface area contributed by atoms with Crippen LogP contribution in [-0.4, -0.2) is 26.6 Å². The largest absolute Gasteiger partial charge is 0.324 e. The summed E-state index contributed by atoms with van der Waals surface area (Å²) < 4.78 is 1.43. The van der Waals surface area contributed by atoms with E-state index in [1.807, 2.05) is 31.2 Å². The van der Waals surface area contributed by atoms with Crippen LogP contribution in [0.25, 0.3) is 0 Å². The molecule has 3 rings (SSSR count). The quantitative estimate of drug-likeness (QED) is 0.856. The molecule has 1 aliphatic heterocycles. The van der Waals surface area contributed by atoms with E-state index < -0.39 is 6.04 Å². The van der Waals surface area contributed by atoms with E-state index >= 15 is 0 Å². The lowest BCUT2D eigenvalue weighted by molar-refractivity contribution is -0.125. The van der Waals surface area contributed by atoms with Gasteiger partial charge in [0.05, 0.1) is 6.42 Å². The molecular weight excluding hydrogens is 258 g/mol. The summed E-state index contributed by atoms with van der Waals surface area (Å²) in [6, 6.07) is 6.79. The fourth-order valence-electron chi connectivity index (χ4n) is 2.14. The Hall–Kier alpha value is -2.70. The molecule has 1 aromatic carbocycles. The maximum atomic E-state index is 12.3. The van der Waals surface area contributed by atoms with Crippen molar-refractivity contribution >= 4 is 23.5 Å². The number of anilines is 2. The highest BCUT2D eigenvalue weighted by Gasteiger charge is 2.31. The minimum absolute atomic E-state index is 0.0497. The van der Waals surface area contributed by atoms with Crippen LogP contribution in [0.15, 0.2) is 30.6 Å². The molecule has 102 valence electrons. The maximum Gasteiger partial charge on any atom is 0.249 e. The van der Waals surface area contributed by atoms with Gasteiger partial charge in [-0.1, -0.05) is 18.2 Å². The molecular formula is C13H13N5O2. The van der Waals surface area contributed by atoms with E-state index in [4.69, 9.17) is 0 Å².